The summed E-state index contributed by atoms with van der Waals surface area (Å²) in [6, 6.07) is 1.12. The third-order valence-corrected chi connectivity index (χ3v) is 4.18. The summed E-state index contributed by atoms with van der Waals surface area (Å²) in [7, 11) is -4.19. The van der Waals surface area contributed by atoms with Crippen LogP contribution in [0.4, 0.5) is 14.6 Å². The first-order chi connectivity index (χ1) is 8.40. The zero-order valence-corrected chi connectivity index (χ0v) is 10.9. The average molecular weight is 311 g/mol. The molecule has 0 aliphatic rings. The molecule has 1 N–H and O–H groups in total. The van der Waals surface area contributed by atoms with Gasteiger partial charge in [0.1, 0.15) is 16.5 Å². The molecule has 0 amide bonds. The van der Waals surface area contributed by atoms with Crippen molar-refractivity contribution in [3.05, 3.63) is 39.7 Å². The molecule has 2 rings (SSSR count). The highest BCUT2D eigenvalue weighted by Crippen LogP contribution is 2.24. The van der Waals surface area contributed by atoms with Crippen LogP contribution in [0.15, 0.2) is 27.9 Å². The van der Waals surface area contributed by atoms with Crippen LogP contribution in [0.2, 0.25) is 5.02 Å². The summed E-state index contributed by atoms with van der Waals surface area (Å²) >= 11 is 6.59. The Labute approximate surface area is 110 Å². The quantitative estimate of drug-likeness (QED) is 0.887. The third kappa shape index (κ3) is 2.60. The first kappa shape index (κ1) is 13.2. The standard InChI is InChI=1S/C9H5ClF2N2O2S2/c10-5-1-8(7(12)2-6(5)11)18(15,16)14-9-3-17-4-13-9/h1-4,14H. The highest BCUT2D eigenvalue weighted by atomic mass is 35.5. The second-order valence-corrected chi connectivity index (χ2v) is 5.95. The van der Waals surface area contributed by atoms with E-state index in [1.165, 1.54) is 22.2 Å². The van der Waals surface area contributed by atoms with E-state index in [-0.39, 0.29) is 5.82 Å². The number of aromatic nitrogens is 1. The minimum Gasteiger partial charge on any atom is -0.263 e. The van der Waals surface area contributed by atoms with Crippen LogP contribution in [-0.2, 0) is 10.0 Å². The van der Waals surface area contributed by atoms with E-state index >= 15 is 0 Å². The van der Waals surface area contributed by atoms with Gasteiger partial charge in [0.05, 0.1) is 10.5 Å². The van der Waals surface area contributed by atoms with Crippen molar-refractivity contribution in [1.29, 1.82) is 0 Å². The van der Waals surface area contributed by atoms with Crippen molar-refractivity contribution in [3.8, 4) is 0 Å². The molecule has 0 saturated heterocycles. The molecule has 0 unspecified atom stereocenters. The van der Waals surface area contributed by atoms with Crippen LogP contribution in [-0.4, -0.2) is 13.4 Å². The molecule has 1 aromatic heterocycles. The molecule has 9 heteroatoms. The van der Waals surface area contributed by atoms with E-state index in [0.29, 0.717) is 12.1 Å². The highest BCUT2D eigenvalue weighted by molar-refractivity contribution is 7.92. The fraction of sp³-hybridized carbons (Fsp3) is 0. The molecule has 0 fully saturated rings. The van der Waals surface area contributed by atoms with Crippen molar-refractivity contribution in [3.63, 3.8) is 0 Å². The Hall–Kier alpha value is -1.25. The second kappa shape index (κ2) is 4.79. The summed E-state index contributed by atoms with van der Waals surface area (Å²) < 4.78 is 52.0. The SMILES string of the molecule is O=S(=O)(Nc1cscn1)c1cc(Cl)c(F)cc1F. The molecule has 0 aliphatic heterocycles. The maximum absolute atomic E-state index is 13.4. The topological polar surface area (TPSA) is 59.1 Å². The van der Waals surface area contributed by atoms with E-state index in [0.717, 1.165) is 0 Å². The van der Waals surface area contributed by atoms with Gasteiger partial charge in [-0.1, -0.05) is 11.6 Å². The molecule has 0 bridgehead atoms. The molecule has 0 radical (unpaired) electrons. The first-order valence-electron chi connectivity index (χ1n) is 4.46. The predicted molar refractivity (Wildman–Crippen MR) is 64.3 cm³/mol. The number of hydrogen-bond donors (Lipinski definition) is 1. The van der Waals surface area contributed by atoms with Crippen molar-refractivity contribution >= 4 is 38.8 Å². The fourth-order valence-electron chi connectivity index (χ4n) is 1.17. The summed E-state index contributed by atoms with van der Waals surface area (Å²) in [6.07, 6.45) is 0. The van der Waals surface area contributed by atoms with Crippen LogP contribution in [0.25, 0.3) is 0 Å². The monoisotopic (exact) mass is 310 g/mol. The minimum atomic E-state index is -4.19. The molecule has 96 valence electrons. The van der Waals surface area contributed by atoms with E-state index in [4.69, 9.17) is 11.6 Å². The van der Waals surface area contributed by atoms with Crippen LogP contribution < -0.4 is 4.72 Å². The predicted octanol–water partition coefficient (Wildman–Crippen LogP) is 2.88. The first-order valence-corrected chi connectivity index (χ1v) is 7.26. The van der Waals surface area contributed by atoms with Gasteiger partial charge >= 0.3 is 0 Å². The summed E-state index contributed by atoms with van der Waals surface area (Å²) in [5.41, 5.74) is 1.41. The molecular formula is C9H5ClF2N2O2S2. The van der Waals surface area contributed by atoms with Crippen LogP contribution >= 0.6 is 22.9 Å². The maximum Gasteiger partial charge on any atom is 0.266 e. The lowest BCUT2D eigenvalue weighted by atomic mass is 10.3. The largest absolute Gasteiger partial charge is 0.266 e. The van der Waals surface area contributed by atoms with Crippen molar-refractivity contribution in [1.82, 2.24) is 4.98 Å². The number of nitrogens with one attached hydrogen (secondary N) is 1. The molecule has 1 heterocycles. The van der Waals surface area contributed by atoms with Crippen molar-refractivity contribution in [2.75, 3.05) is 4.72 Å². The Morgan fingerprint density at radius 1 is 1.28 bits per heavy atom. The molecule has 18 heavy (non-hydrogen) atoms. The van der Waals surface area contributed by atoms with Gasteiger partial charge in [0.15, 0.2) is 5.82 Å². The normalized spacial score (nSPS) is 11.5. The lowest BCUT2D eigenvalue weighted by molar-refractivity contribution is 0.551. The number of thiazole rings is 1. The van der Waals surface area contributed by atoms with Gasteiger partial charge < -0.3 is 0 Å². The number of nitrogens with zero attached hydrogens (tertiary/aromatic N) is 1. The Bertz CT molecular complexity index is 674. The van der Waals surface area contributed by atoms with Gasteiger partial charge in [-0.3, -0.25) is 4.72 Å². The Morgan fingerprint density at radius 3 is 2.61 bits per heavy atom. The molecule has 0 aliphatic carbocycles. The smallest absolute Gasteiger partial charge is 0.263 e. The van der Waals surface area contributed by atoms with E-state index in [9.17, 15) is 17.2 Å². The van der Waals surface area contributed by atoms with Crippen LogP contribution in [0.5, 0.6) is 0 Å². The summed E-state index contributed by atoms with van der Waals surface area (Å²) in [5, 5.41) is 0.954. The maximum atomic E-state index is 13.4. The zero-order chi connectivity index (χ0) is 13.3. The fourth-order valence-corrected chi connectivity index (χ4v) is 3.04. The Kier molecular flexibility index (Phi) is 3.51. The van der Waals surface area contributed by atoms with Gasteiger partial charge in [0, 0.05) is 11.4 Å². The molecule has 2 aromatic rings. The van der Waals surface area contributed by atoms with E-state index in [1.807, 2.05) is 0 Å². The second-order valence-electron chi connectivity index (χ2n) is 3.18. The van der Waals surface area contributed by atoms with Crippen molar-refractivity contribution in [2.45, 2.75) is 4.90 Å². The molecule has 4 nitrogen and oxygen atoms in total. The van der Waals surface area contributed by atoms with Crippen LogP contribution in [0.3, 0.4) is 0 Å². The van der Waals surface area contributed by atoms with Crippen LogP contribution in [0, 0.1) is 11.6 Å². The number of sulfonamides is 1. The molecule has 0 atom stereocenters. The summed E-state index contributed by atoms with van der Waals surface area (Å²) in [4.78, 5) is 2.96. The Morgan fingerprint density at radius 2 is 2.00 bits per heavy atom. The van der Waals surface area contributed by atoms with Gasteiger partial charge in [-0.25, -0.2) is 22.2 Å². The lowest BCUT2D eigenvalue weighted by Gasteiger charge is -2.07. The number of hydrogen-bond acceptors (Lipinski definition) is 4. The summed E-state index contributed by atoms with van der Waals surface area (Å²) in [6.45, 7) is 0. The van der Waals surface area contributed by atoms with Crippen LogP contribution in [0.1, 0.15) is 0 Å². The summed E-state index contributed by atoms with van der Waals surface area (Å²) in [5.74, 6) is -2.19. The van der Waals surface area contributed by atoms with Gasteiger partial charge in [0.2, 0.25) is 0 Å². The Balaban J connectivity index is 2.44. The van der Waals surface area contributed by atoms with Gasteiger partial charge in [-0.05, 0) is 6.07 Å². The molecule has 1 aromatic carbocycles. The molecule has 0 saturated carbocycles. The van der Waals surface area contributed by atoms with E-state index < -0.39 is 31.6 Å². The minimum absolute atomic E-state index is 0.0554. The zero-order valence-electron chi connectivity index (χ0n) is 8.52. The lowest BCUT2D eigenvalue weighted by Crippen LogP contribution is -2.15. The van der Waals surface area contributed by atoms with Gasteiger partial charge in [0.25, 0.3) is 10.0 Å². The van der Waals surface area contributed by atoms with Gasteiger partial charge in [-0.15, -0.1) is 11.3 Å². The number of rotatable bonds is 3. The van der Waals surface area contributed by atoms with Crippen molar-refractivity contribution in [2.24, 2.45) is 0 Å². The average Bonchev–Trinajstić information content (AvgIpc) is 2.75. The molecule has 0 spiro atoms. The third-order valence-electron chi connectivity index (χ3n) is 1.94. The number of anilines is 1. The highest BCUT2D eigenvalue weighted by Gasteiger charge is 2.22. The molecular weight excluding hydrogens is 306 g/mol. The van der Waals surface area contributed by atoms with E-state index in [1.54, 1.807) is 0 Å². The van der Waals surface area contributed by atoms with Crippen molar-refractivity contribution < 1.29 is 17.2 Å². The number of halogens is 3. The van der Waals surface area contributed by atoms with Gasteiger partial charge in [-0.2, -0.15) is 0 Å². The van der Waals surface area contributed by atoms with E-state index in [2.05, 4.69) is 9.71 Å². The number of benzene rings is 1.